The van der Waals surface area contributed by atoms with E-state index in [9.17, 15) is 0 Å². The fourth-order valence-corrected chi connectivity index (χ4v) is 6.05. The van der Waals surface area contributed by atoms with Gasteiger partial charge >= 0.3 is 0 Å². The van der Waals surface area contributed by atoms with Crippen LogP contribution in [0.15, 0.2) is 10.1 Å². The molecule has 1 heterocycles. The molecule has 0 spiro atoms. The number of hydrogen-bond acceptors (Lipinski definition) is 1. The second-order valence-corrected chi connectivity index (χ2v) is 7.65. The molecule has 1 saturated heterocycles. The molecule has 3 rings (SSSR count). The topological polar surface area (TPSA) is 9.23 Å². The summed E-state index contributed by atoms with van der Waals surface area (Å²) in [6.07, 6.45) is 0. The van der Waals surface area contributed by atoms with E-state index in [1.165, 1.54) is 0 Å². The van der Waals surface area contributed by atoms with Gasteiger partial charge in [-0.1, -0.05) is 46.4 Å². The first-order valence-electron chi connectivity index (χ1n) is 4.69. The van der Waals surface area contributed by atoms with Gasteiger partial charge in [0.2, 0.25) is 0 Å². The second kappa shape index (κ2) is 3.30. The molecule has 16 heavy (non-hydrogen) atoms. The Balaban J connectivity index is 2.29. The lowest BCUT2D eigenvalue weighted by molar-refractivity contribution is 0.167. The SMILES string of the molecule is ClC1=C(Cl)[C@@]2(Cl)[C@H]3COC[C@@H]3[C@@]1(Cl)C2(Cl)Cl. The molecule has 0 amide bonds. The molecule has 0 radical (unpaired) electrons. The van der Waals surface area contributed by atoms with Crippen molar-refractivity contribution >= 4 is 69.6 Å². The molecule has 2 aliphatic carbocycles. The van der Waals surface area contributed by atoms with Gasteiger partial charge in [-0.15, -0.1) is 23.2 Å². The standard InChI is InChI=1S/C9H6Cl6O/c10-5-6(11)8(13)4-2-16-1-3(4)7(5,12)9(8,14)15/h3-4H,1-2H2/t3-,4-,7-,8-/m0/s1. The van der Waals surface area contributed by atoms with Crippen molar-refractivity contribution in [2.45, 2.75) is 14.1 Å². The largest absolute Gasteiger partial charge is 0.381 e. The van der Waals surface area contributed by atoms with Crippen molar-refractivity contribution < 1.29 is 4.74 Å². The molecule has 2 fully saturated rings. The summed E-state index contributed by atoms with van der Waals surface area (Å²) in [5, 5.41) is 0.505. The molecule has 0 aromatic heterocycles. The van der Waals surface area contributed by atoms with Crippen LogP contribution in [0.3, 0.4) is 0 Å². The van der Waals surface area contributed by atoms with Crippen molar-refractivity contribution in [1.29, 1.82) is 0 Å². The van der Waals surface area contributed by atoms with Crippen LogP contribution in [0.4, 0.5) is 0 Å². The van der Waals surface area contributed by atoms with Crippen LogP contribution in [0.5, 0.6) is 0 Å². The minimum atomic E-state index is -1.41. The summed E-state index contributed by atoms with van der Waals surface area (Å²) in [7, 11) is 0. The van der Waals surface area contributed by atoms with Gasteiger partial charge in [-0.25, -0.2) is 0 Å². The Labute approximate surface area is 123 Å². The smallest absolute Gasteiger partial charge is 0.167 e. The maximum Gasteiger partial charge on any atom is 0.167 e. The highest BCUT2D eigenvalue weighted by molar-refractivity contribution is 6.65. The van der Waals surface area contributed by atoms with Crippen molar-refractivity contribution in [3.8, 4) is 0 Å². The normalized spacial score (nSPS) is 53.6. The predicted molar refractivity (Wildman–Crippen MR) is 68.1 cm³/mol. The summed E-state index contributed by atoms with van der Waals surface area (Å²) in [4.78, 5) is -2.28. The van der Waals surface area contributed by atoms with Gasteiger partial charge in [0, 0.05) is 11.8 Å². The number of alkyl halides is 4. The second-order valence-electron chi connectivity index (χ2n) is 4.38. The van der Waals surface area contributed by atoms with E-state index in [1.54, 1.807) is 0 Å². The first kappa shape index (κ1) is 12.5. The van der Waals surface area contributed by atoms with E-state index in [-0.39, 0.29) is 21.9 Å². The summed E-state index contributed by atoms with van der Waals surface area (Å²) < 4.78 is 3.98. The minimum absolute atomic E-state index is 0.100. The van der Waals surface area contributed by atoms with Crippen LogP contribution in [0, 0.1) is 11.8 Å². The Morgan fingerprint density at radius 3 is 1.62 bits per heavy atom. The molecule has 3 aliphatic rings. The van der Waals surface area contributed by atoms with Gasteiger partial charge in [0.1, 0.15) is 9.75 Å². The molecule has 4 atom stereocenters. The number of fused-ring (bicyclic) bond motifs is 5. The zero-order valence-electron chi connectivity index (χ0n) is 7.74. The highest BCUT2D eigenvalue weighted by atomic mass is 35.5. The molecule has 1 aliphatic heterocycles. The Bertz CT molecular complexity index is 373. The summed E-state index contributed by atoms with van der Waals surface area (Å²) in [5.74, 6) is -0.201. The van der Waals surface area contributed by atoms with Crippen molar-refractivity contribution in [2.75, 3.05) is 13.2 Å². The van der Waals surface area contributed by atoms with Gasteiger partial charge in [-0.3, -0.25) is 0 Å². The highest BCUT2D eigenvalue weighted by Gasteiger charge is 2.83. The van der Waals surface area contributed by atoms with Crippen LogP contribution in [0.25, 0.3) is 0 Å². The lowest BCUT2D eigenvalue weighted by Crippen LogP contribution is -2.46. The zero-order valence-corrected chi connectivity index (χ0v) is 12.3. The van der Waals surface area contributed by atoms with Crippen LogP contribution in [0.2, 0.25) is 0 Å². The lowest BCUT2D eigenvalue weighted by atomic mass is 9.85. The molecular weight excluding hydrogens is 337 g/mol. The van der Waals surface area contributed by atoms with Crippen LogP contribution in [-0.2, 0) is 4.74 Å². The molecule has 0 unspecified atom stereocenters. The molecule has 0 aromatic rings. The molecule has 1 nitrogen and oxygen atoms in total. The molecular formula is C9H6Cl6O. The maximum atomic E-state index is 6.52. The van der Waals surface area contributed by atoms with E-state index in [2.05, 4.69) is 0 Å². The number of allylic oxidation sites excluding steroid dienone is 2. The van der Waals surface area contributed by atoms with Gasteiger partial charge in [0.25, 0.3) is 0 Å². The van der Waals surface area contributed by atoms with E-state index < -0.39 is 14.1 Å². The molecule has 0 N–H and O–H groups in total. The zero-order chi connectivity index (χ0) is 11.9. The van der Waals surface area contributed by atoms with E-state index in [0.717, 1.165) is 0 Å². The minimum Gasteiger partial charge on any atom is -0.381 e. The highest BCUT2D eigenvalue weighted by Crippen LogP contribution is 2.77. The number of halogens is 6. The van der Waals surface area contributed by atoms with Gasteiger partial charge in [0.05, 0.1) is 23.3 Å². The Morgan fingerprint density at radius 1 is 0.875 bits per heavy atom. The monoisotopic (exact) mass is 340 g/mol. The van der Waals surface area contributed by atoms with Crippen LogP contribution in [-0.4, -0.2) is 27.3 Å². The maximum absolute atomic E-state index is 6.52. The number of ether oxygens (including phenoxy) is 1. The third kappa shape index (κ3) is 0.976. The van der Waals surface area contributed by atoms with E-state index in [0.29, 0.717) is 13.2 Å². The summed E-state index contributed by atoms with van der Waals surface area (Å²) >= 11 is 38.0. The summed E-state index contributed by atoms with van der Waals surface area (Å²) in [6, 6.07) is 0. The van der Waals surface area contributed by atoms with Crippen LogP contribution in [0.1, 0.15) is 0 Å². The van der Waals surface area contributed by atoms with E-state index >= 15 is 0 Å². The average Bonchev–Trinajstić information content (AvgIpc) is 2.78. The van der Waals surface area contributed by atoms with Crippen molar-refractivity contribution in [3.63, 3.8) is 0 Å². The van der Waals surface area contributed by atoms with Crippen LogP contribution < -0.4 is 0 Å². The molecule has 7 heteroatoms. The van der Waals surface area contributed by atoms with Crippen molar-refractivity contribution in [3.05, 3.63) is 10.1 Å². The fourth-order valence-electron chi connectivity index (χ4n) is 2.99. The van der Waals surface area contributed by atoms with Crippen molar-refractivity contribution in [2.24, 2.45) is 11.8 Å². The lowest BCUT2D eigenvalue weighted by Gasteiger charge is -2.33. The quantitative estimate of drug-likeness (QED) is 0.602. The van der Waals surface area contributed by atoms with Gasteiger partial charge in [-0.2, -0.15) is 0 Å². The third-order valence-corrected chi connectivity index (χ3v) is 8.20. The Morgan fingerprint density at radius 2 is 1.25 bits per heavy atom. The van der Waals surface area contributed by atoms with Gasteiger partial charge in [-0.05, 0) is 0 Å². The molecule has 90 valence electrons. The number of rotatable bonds is 0. The summed E-state index contributed by atoms with van der Waals surface area (Å²) in [5.41, 5.74) is 0. The summed E-state index contributed by atoms with van der Waals surface area (Å²) in [6.45, 7) is 0.897. The van der Waals surface area contributed by atoms with Gasteiger partial charge < -0.3 is 4.74 Å². The first-order chi connectivity index (χ1) is 7.29. The van der Waals surface area contributed by atoms with Crippen molar-refractivity contribution in [1.82, 2.24) is 0 Å². The van der Waals surface area contributed by atoms with E-state index in [4.69, 9.17) is 74.3 Å². The van der Waals surface area contributed by atoms with Gasteiger partial charge in [0.15, 0.2) is 4.33 Å². The first-order valence-corrected chi connectivity index (χ1v) is 6.96. The molecule has 2 bridgehead atoms. The predicted octanol–water partition coefficient (Wildman–Crippen LogP) is 4.09. The Hall–Kier alpha value is 1.44. The average molecular weight is 343 g/mol. The van der Waals surface area contributed by atoms with E-state index in [1.807, 2.05) is 0 Å². The number of hydrogen-bond donors (Lipinski definition) is 0. The van der Waals surface area contributed by atoms with Crippen LogP contribution >= 0.6 is 69.6 Å². The fraction of sp³-hybridized carbons (Fsp3) is 0.778. The molecule has 1 saturated carbocycles. The Kier molecular flexibility index (Phi) is 2.58. The molecule has 0 aromatic carbocycles. The third-order valence-electron chi connectivity index (χ3n) is 3.85.